The molecule has 0 unspecified atom stereocenters. The molecular weight excluding hydrogens is 206 g/mol. The zero-order chi connectivity index (χ0) is 11.5. The van der Waals surface area contributed by atoms with Gasteiger partial charge in [0, 0.05) is 5.56 Å². The van der Waals surface area contributed by atoms with Crippen LogP contribution in [0.15, 0.2) is 30.3 Å². The maximum atomic E-state index is 9.70. The van der Waals surface area contributed by atoms with Gasteiger partial charge in [-0.15, -0.1) is 10.2 Å². The standard InChI is InChI=1S/C11H11N3O2/c1-16-7-2-4-10(15)8(6-7)9-3-5-11(12)14-13-9/h2-6,15H,1H3,(H2,12,14). The summed E-state index contributed by atoms with van der Waals surface area (Å²) in [7, 11) is 1.56. The van der Waals surface area contributed by atoms with E-state index in [4.69, 9.17) is 10.5 Å². The number of anilines is 1. The first-order valence-electron chi connectivity index (χ1n) is 4.67. The number of ether oxygens (including phenoxy) is 1. The summed E-state index contributed by atoms with van der Waals surface area (Å²) in [6.45, 7) is 0. The quantitative estimate of drug-likeness (QED) is 0.795. The Morgan fingerprint density at radius 2 is 2.00 bits per heavy atom. The normalized spacial score (nSPS) is 10.1. The number of phenolic OH excluding ortho intramolecular Hbond substituents is 1. The van der Waals surface area contributed by atoms with Crippen LogP contribution in [0, 0.1) is 0 Å². The van der Waals surface area contributed by atoms with Gasteiger partial charge in [0.1, 0.15) is 17.3 Å². The van der Waals surface area contributed by atoms with Crippen LogP contribution in [0.25, 0.3) is 11.3 Å². The summed E-state index contributed by atoms with van der Waals surface area (Å²) < 4.78 is 5.07. The van der Waals surface area contributed by atoms with Crippen LogP contribution in [0.2, 0.25) is 0 Å². The van der Waals surface area contributed by atoms with Crippen LogP contribution >= 0.6 is 0 Å². The molecule has 0 fully saturated rings. The zero-order valence-electron chi connectivity index (χ0n) is 8.71. The van der Waals surface area contributed by atoms with Crippen LogP contribution in [0.4, 0.5) is 5.82 Å². The number of nitrogens with two attached hydrogens (primary N) is 1. The first-order valence-corrected chi connectivity index (χ1v) is 4.67. The fourth-order valence-corrected chi connectivity index (χ4v) is 1.33. The number of phenols is 1. The second-order valence-corrected chi connectivity index (χ2v) is 3.23. The van der Waals surface area contributed by atoms with Crippen molar-refractivity contribution in [2.45, 2.75) is 0 Å². The van der Waals surface area contributed by atoms with Crippen molar-refractivity contribution in [2.24, 2.45) is 0 Å². The molecule has 0 aliphatic rings. The van der Waals surface area contributed by atoms with E-state index >= 15 is 0 Å². The van der Waals surface area contributed by atoms with Crippen LogP contribution in [0.5, 0.6) is 11.5 Å². The van der Waals surface area contributed by atoms with E-state index in [1.54, 1.807) is 37.4 Å². The lowest BCUT2D eigenvalue weighted by atomic mass is 10.1. The minimum Gasteiger partial charge on any atom is -0.507 e. The van der Waals surface area contributed by atoms with Crippen molar-refractivity contribution in [3.05, 3.63) is 30.3 Å². The number of methoxy groups -OCH3 is 1. The maximum absolute atomic E-state index is 9.70. The summed E-state index contributed by atoms with van der Waals surface area (Å²) in [5.41, 5.74) is 6.55. The molecule has 3 N–H and O–H groups in total. The predicted molar refractivity (Wildman–Crippen MR) is 60.1 cm³/mol. The van der Waals surface area contributed by atoms with E-state index in [1.165, 1.54) is 0 Å². The van der Waals surface area contributed by atoms with Crippen LogP contribution in [-0.4, -0.2) is 22.4 Å². The molecule has 1 aromatic heterocycles. The van der Waals surface area contributed by atoms with Gasteiger partial charge in [-0.1, -0.05) is 0 Å². The van der Waals surface area contributed by atoms with Crippen molar-refractivity contribution in [2.75, 3.05) is 12.8 Å². The molecule has 1 heterocycles. The summed E-state index contributed by atoms with van der Waals surface area (Å²) in [6.07, 6.45) is 0. The van der Waals surface area contributed by atoms with Crippen LogP contribution in [-0.2, 0) is 0 Å². The molecule has 0 atom stereocenters. The number of nitrogen functional groups attached to an aromatic ring is 1. The lowest BCUT2D eigenvalue weighted by Crippen LogP contribution is -1.94. The number of hydrogen-bond donors (Lipinski definition) is 2. The van der Waals surface area contributed by atoms with E-state index in [9.17, 15) is 5.11 Å². The SMILES string of the molecule is COc1ccc(O)c(-c2ccc(N)nn2)c1. The van der Waals surface area contributed by atoms with Crippen molar-refractivity contribution in [3.8, 4) is 22.8 Å². The Morgan fingerprint density at radius 3 is 2.62 bits per heavy atom. The summed E-state index contributed by atoms with van der Waals surface area (Å²) in [5, 5.41) is 17.3. The average Bonchev–Trinajstić information content (AvgIpc) is 2.31. The van der Waals surface area contributed by atoms with E-state index in [1.807, 2.05) is 0 Å². The number of rotatable bonds is 2. The number of aromatic nitrogens is 2. The van der Waals surface area contributed by atoms with Gasteiger partial charge in [-0.2, -0.15) is 0 Å². The van der Waals surface area contributed by atoms with Crippen LogP contribution in [0.3, 0.4) is 0 Å². The molecule has 5 nitrogen and oxygen atoms in total. The van der Waals surface area contributed by atoms with Crippen molar-refractivity contribution in [1.82, 2.24) is 10.2 Å². The Hall–Kier alpha value is -2.30. The summed E-state index contributed by atoms with van der Waals surface area (Å²) >= 11 is 0. The molecule has 0 bridgehead atoms. The molecule has 5 heteroatoms. The third kappa shape index (κ3) is 1.88. The lowest BCUT2D eigenvalue weighted by Gasteiger charge is -2.06. The van der Waals surface area contributed by atoms with Gasteiger partial charge in [0.05, 0.1) is 12.8 Å². The van der Waals surface area contributed by atoms with Crippen molar-refractivity contribution < 1.29 is 9.84 Å². The Labute approximate surface area is 92.5 Å². The highest BCUT2D eigenvalue weighted by molar-refractivity contribution is 5.68. The highest BCUT2D eigenvalue weighted by atomic mass is 16.5. The van der Waals surface area contributed by atoms with E-state index in [0.717, 1.165) is 0 Å². The topological polar surface area (TPSA) is 81.3 Å². The molecule has 2 rings (SSSR count). The molecule has 16 heavy (non-hydrogen) atoms. The fourth-order valence-electron chi connectivity index (χ4n) is 1.33. The lowest BCUT2D eigenvalue weighted by molar-refractivity contribution is 0.412. The molecule has 0 aliphatic carbocycles. The highest BCUT2D eigenvalue weighted by Crippen LogP contribution is 2.30. The molecule has 0 saturated heterocycles. The van der Waals surface area contributed by atoms with E-state index in [2.05, 4.69) is 10.2 Å². The molecule has 0 saturated carbocycles. The molecule has 82 valence electrons. The Bertz CT molecular complexity index is 497. The molecule has 0 spiro atoms. The second kappa shape index (κ2) is 4.06. The van der Waals surface area contributed by atoms with Gasteiger partial charge < -0.3 is 15.6 Å². The second-order valence-electron chi connectivity index (χ2n) is 3.23. The molecule has 1 aromatic carbocycles. The molecule has 0 radical (unpaired) electrons. The number of nitrogens with zero attached hydrogens (tertiary/aromatic N) is 2. The van der Waals surface area contributed by atoms with Gasteiger partial charge >= 0.3 is 0 Å². The summed E-state index contributed by atoms with van der Waals surface area (Å²) in [5.74, 6) is 1.11. The third-order valence-corrected chi connectivity index (χ3v) is 2.16. The van der Waals surface area contributed by atoms with E-state index in [-0.39, 0.29) is 5.75 Å². The Kier molecular flexibility index (Phi) is 2.59. The van der Waals surface area contributed by atoms with Gasteiger partial charge in [-0.25, -0.2) is 0 Å². The number of benzene rings is 1. The molecule has 0 aliphatic heterocycles. The van der Waals surface area contributed by atoms with Crippen molar-refractivity contribution >= 4 is 5.82 Å². The van der Waals surface area contributed by atoms with Gasteiger partial charge in [0.2, 0.25) is 0 Å². The average molecular weight is 217 g/mol. The number of aromatic hydroxyl groups is 1. The third-order valence-electron chi connectivity index (χ3n) is 2.16. The van der Waals surface area contributed by atoms with E-state index < -0.39 is 0 Å². The van der Waals surface area contributed by atoms with Gasteiger partial charge in [0.25, 0.3) is 0 Å². The first-order chi connectivity index (χ1) is 7.70. The van der Waals surface area contributed by atoms with E-state index in [0.29, 0.717) is 22.8 Å². The van der Waals surface area contributed by atoms with Crippen molar-refractivity contribution in [3.63, 3.8) is 0 Å². The molecule has 0 amide bonds. The van der Waals surface area contributed by atoms with Crippen LogP contribution < -0.4 is 10.5 Å². The molecular formula is C11H11N3O2. The van der Waals surface area contributed by atoms with Gasteiger partial charge in [-0.05, 0) is 30.3 Å². The minimum atomic E-state index is 0.125. The smallest absolute Gasteiger partial charge is 0.146 e. The maximum Gasteiger partial charge on any atom is 0.146 e. The monoisotopic (exact) mass is 217 g/mol. The first kappa shape index (κ1) is 10.2. The van der Waals surface area contributed by atoms with Gasteiger partial charge in [0.15, 0.2) is 0 Å². The van der Waals surface area contributed by atoms with Crippen LogP contribution in [0.1, 0.15) is 0 Å². The predicted octanol–water partition coefficient (Wildman–Crippen LogP) is 1.44. The Morgan fingerprint density at radius 1 is 1.19 bits per heavy atom. The summed E-state index contributed by atoms with van der Waals surface area (Å²) in [6, 6.07) is 8.23. The molecule has 2 aromatic rings. The fraction of sp³-hybridized carbons (Fsp3) is 0.0909. The minimum absolute atomic E-state index is 0.125. The largest absolute Gasteiger partial charge is 0.507 e. The summed E-state index contributed by atoms with van der Waals surface area (Å²) in [4.78, 5) is 0. The Balaban J connectivity index is 2.50. The van der Waals surface area contributed by atoms with Gasteiger partial charge in [-0.3, -0.25) is 0 Å². The number of hydrogen-bond acceptors (Lipinski definition) is 5. The van der Waals surface area contributed by atoms with Crippen molar-refractivity contribution in [1.29, 1.82) is 0 Å². The zero-order valence-corrected chi connectivity index (χ0v) is 8.71. The highest BCUT2D eigenvalue weighted by Gasteiger charge is 2.07.